The maximum absolute atomic E-state index is 13.0. The summed E-state index contributed by atoms with van der Waals surface area (Å²) < 4.78 is -1.31. The van der Waals surface area contributed by atoms with Gasteiger partial charge in [-0.3, -0.25) is 9.59 Å². The predicted molar refractivity (Wildman–Crippen MR) is 141 cm³/mol. The van der Waals surface area contributed by atoms with Crippen molar-refractivity contribution in [2.24, 2.45) is 5.92 Å². The molecule has 9 heteroatoms. The van der Waals surface area contributed by atoms with Gasteiger partial charge in [-0.2, -0.15) is 0 Å². The van der Waals surface area contributed by atoms with E-state index in [4.69, 9.17) is 69.6 Å². The molecule has 0 aliphatic heterocycles. The number of Topliss-reactive ketones (excluding diaryl/α,β-unsaturated/α-hetero) is 1. The van der Waals surface area contributed by atoms with E-state index in [0.717, 1.165) is 11.1 Å². The highest BCUT2D eigenvalue weighted by Gasteiger charge is 2.67. The Morgan fingerprint density at radius 3 is 2.21 bits per heavy atom. The second-order valence-corrected chi connectivity index (χ2v) is 11.3. The smallest absolute Gasteiger partial charge is 0.231 e. The van der Waals surface area contributed by atoms with Crippen LogP contribution in [0.5, 0.6) is 0 Å². The minimum atomic E-state index is -1.31. The van der Waals surface area contributed by atoms with Crippen molar-refractivity contribution in [3.63, 3.8) is 0 Å². The highest BCUT2D eigenvalue weighted by molar-refractivity contribution is 6.53. The molecule has 0 bridgehead atoms. The Kier molecular flexibility index (Phi) is 7.45. The molecule has 4 rings (SSSR count). The zero-order chi connectivity index (χ0) is 24.8. The number of carbonyl (C=O) groups is 2. The number of nitrogens with one attached hydrogen (secondary N) is 1. The van der Waals surface area contributed by atoms with Crippen LogP contribution in [-0.2, 0) is 11.2 Å². The molecule has 0 aromatic heterocycles. The lowest BCUT2D eigenvalue weighted by atomic mass is 10.0. The molecule has 1 N–H and O–H groups in total. The van der Waals surface area contributed by atoms with Gasteiger partial charge in [0.15, 0.2) is 5.78 Å². The number of amides is 1. The topological polar surface area (TPSA) is 46.2 Å². The molecular formula is C25H17Cl6NO2. The molecule has 1 aliphatic rings. The van der Waals surface area contributed by atoms with E-state index in [0.29, 0.717) is 26.3 Å². The number of ketones is 1. The predicted octanol–water partition coefficient (Wildman–Crippen LogP) is 8.56. The maximum Gasteiger partial charge on any atom is 0.231 e. The molecule has 2 unspecified atom stereocenters. The third-order valence-corrected chi connectivity index (χ3v) is 7.83. The minimum absolute atomic E-state index is 0.115. The highest BCUT2D eigenvalue weighted by Crippen LogP contribution is 2.65. The van der Waals surface area contributed by atoms with E-state index in [1.54, 1.807) is 36.4 Å². The van der Waals surface area contributed by atoms with E-state index >= 15 is 0 Å². The molecule has 0 radical (unpaired) electrons. The molecule has 1 amide bonds. The van der Waals surface area contributed by atoms with Crippen LogP contribution in [0.4, 0.5) is 5.69 Å². The van der Waals surface area contributed by atoms with Crippen molar-refractivity contribution in [2.45, 2.75) is 23.6 Å². The molecule has 0 spiro atoms. The normalized spacial score (nSPS) is 18.4. The summed E-state index contributed by atoms with van der Waals surface area (Å²) in [5.41, 5.74) is 3.05. The molecule has 0 heterocycles. The number of rotatable bonds is 6. The Hall–Kier alpha value is -1.46. The summed E-state index contributed by atoms with van der Waals surface area (Å²) >= 11 is 37.5. The Bertz CT molecular complexity index is 1290. The van der Waals surface area contributed by atoms with Crippen LogP contribution >= 0.6 is 69.6 Å². The van der Waals surface area contributed by atoms with Gasteiger partial charge in [0, 0.05) is 38.7 Å². The van der Waals surface area contributed by atoms with Gasteiger partial charge >= 0.3 is 0 Å². The first-order valence-electron chi connectivity index (χ1n) is 10.2. The lowest BCUT2D eigenvalue weighted by Crippen LogP contribution is -2.17. The van der Waals surface area contributed by atoms with Crippen molar-refractivity contribution in [1.82, 2.24) is 0 Å². The molecule has 176 valence electrons. The van der Waals surface area contributed by atoms with Gasteiger partial charge in [-0.05, 0) is 66.1 Å². The first-order valence-corrected chi connectivity index (χ1v) is 12.5. The van der Waals surface area contributed by atoms with E-state index in [-0.39, 0.29) is 22.8 Å². The van der Waals surface area contributed by atoms with Crippen molar-refractivity contribution in [3.8, 4) is 0 Å². The monoisotopic (exact) mass is 573 g/mol. The van der Waals surface area contributed by atoms with E-state index < -0.39 is 22.1 Å². The fourth-order valence-corrected chi connectivity index (χ4v) is 5.68. The van der Waals surface area contributed by atoms with Crippen LogP contribution in [0, 0.1) is 12.8 Å². The van der Waals surface area contributed by atoms with Crippen LogP contribution in [-0.4, -0.2) is 16.0 Å². The number of hydrogen-bond donors (Lipinski definition) is 1. The molecule has 1 fully saturated rings. The molecule has 3 nitrogen and oxygen atoms in total. The molecule has 2 atom stereocenters. The molecule has 0 saturated heterocycles. The van der Waals surface area contributed by atoms with E-state index in [2.05, 4.69) is 5.32 Å². The summed E-state index contributed by atoms with van der Waals surface area (Å²) in [6, 6.07) is 15.1. The number of anilines is 1. The van der Waals surface area contributed by atoms with Gasteiger partial charge in [0.2, 0.25) is 5.91 Å². The standard InChI is InChI=1S/C25H17Cl6NO2/c1-12-2-3-13(6-20(12)29)7-21(33)18-11-17(4-5-19(18)28)32-24(34)23-22(25(23,30)31)14-8-15(26)10-16(27)9-14/h2-6,8-11,22-23H,7H2,1H3,(H,32,34). The molecule has 1 saturated carbocycles. The summed E-state index contributed by atoms with van der Waals surface area (Å²) in [5.74, 6) is -1.80. The van der Waals surface area contributed by atoms with Gasteiger partial charge in [-0.1, -0.05) is 58.5 Å². The second kappa shape index (κ2) is 9.89. The van der Waals surface area contributed by atoms with Crippen molar-refractivity contribution in [3.05, 3.63) is 96.9 Å². The van der Waals surface area contributed by atoms with Crippen LogP contribution in [0.3, 0.4) is 0 Å². The molecule has 3 aromatic rings. The number of alkyl halides is 2. The number of halogens is 6. The zero-order valence-corrected chi connectivity index (χ0v) is 22.2. The van der Waals surface area contributed by atoms with Crippen LogP contribution in [0.15, 0.2) is 54.6 Å². The number of aryl methyl sites for hydroxylation is 1. The van der Waals surface area contributed by atoms with Gasteiger partial charge in [-0.15, -0.1) is 23.2 Å². The second-order valence-electron chi connectivity index (χ2n) is 8.20. The van der Waals surface area contributed by atoms with Gasteiger partial charge in [0.1, 0.15) is 4.33 Å². The fourth-order valence-electron chi connectivity index (χ4n) is 3.89. The average molecular weight is 576 g/mol. The van der Waals surface area contributed by atoms with E-state index in [1.807, 2.05) is 19.1 Å². The van der Waals surface area contributed by atoms with Crippen LogP contribution in [0.1, 0.15) is 33.0 Å². The summed E-state index contributed by atoms with van der Waals surface area (Å²) in [6.07, 6.45) is 0.115. The minimum Gasteiger partial charge on any atom is -0.326 e. The summed E-state index contributed by atoms with van der Waals surface area (Å²) in [5, 5.41) is 4.50. The largest absolute Gasteiger partial charge is 0.326 e. The molecule has 3 aromatic carbocycles. The third kappa shape index (κ3) is 5.36. The molecular weight excluding hydrogens is 559 g/mol. The Labute approximate surface area is 227 Å². The lowest BCUT2D eigenvalue weighted by molar-refractivity contribution is -0.117. The van der Waals surface area contributed by atoms with E-state index in [9.17, 15) is 9.59 Å². The molecule has 34 heavy (non-hydrogen) atoms. The Morgan fingerprint density at radius 2 is 1.56 bits per heavy atom. The quantitative estimate of drug-likeness (QED) is 0.236. The third-order valence-electron chi connectivity index (χ3n) is 5.72. The van der Waals surface area contributed by atoms with Crippen LogP contribution in [0.2, 0.25) is 20.1 Å². The zero-order valence-electron chi connectivity index (χ0n) is 17.6. The summed E-state index contributed by atoms with van der Waals surface area (Å²) in [7, 11) is 0. The van der Waals surface area contributed by atoms with Gasteiger partial charge in [0.05, 0.1) is 10.9 Å². The molecule has 1 aliphatic carbocycles. The highest BCUT2D eigenvalue weighted by atomic mass is 35.5. The van der Waals surface area contributed by atoms with Crippen molar-refractivity contribution in [2.75, 3.05) is 5.32 Å². The fraction of sp³-hybridized carbons (Fsp3) is 0.200. The SMILES string of the molecule is Cc1ccc(CC(=O)c2cc(NC(=O)C3C(c4cc(Cl)cc(Cl)c4)C3(Cl)Cl)ccc2Cl)cc1Cl. The van der Waals surface area contributed by atoms with Crippen molar-refractivity contribution >= 4 is 87.0 Å². The van der Waals surface area contributed by atoms with Crippen LogP contribution in [0.25, 0.3) is 0 Å². The number of carbonyl (C=O) groups excluding carboxylic acids is 2. The van der Waals surface area contributed by atoms with E-state index in [1.165, 1.54) is 6.07 Å². The van der Waals surface area contributed by atoms with Crippen LogP contribution < -0.4 is 5.32 Å². The number of benzene rings is 3. The first-order chi connectivity index (χ1) is 16.0. The van der Waals surface area contributed by atoms with Gasteiger partial charge in [0.25, 0.3) is 0 Å². The van der Waals surface area contributed by atoms with Gasteiger partial charge < -0.3 is 5.32 Å². The Balaban J connectivity index is 1.51. The van der Waals surface area contributed by atoms with Crippen molar-refractivity contribution in [1.29, 1.82) is 0 Å². The summed E-state index contributed by atoms with van der Waals surface area (Å²) in [4.78, 5) is 25.9. The van der Waals surface area contributed by atoms with Gasteiger partial charge in [-0.25, -0.2) is 0 Å². The summed E-state index contributed by atoms with van der Waals surface area (Å²) in [6.45, 7) is 1.89. The maximum atomic E-state index is 13.0. The first kappa shape index (κ1) is 25.6. The average Bonchev–Trinajstić information content (AvgIpc) is 3.33. The number of hydrogen-bond acceptors (Lipinski definition) is 2. The van der Waals surface area contributed by atoms with Crippen molar-refractivity contribution < 1.29 is 9.59 Å². The Morgan fingerprint density at radius 1 is 0.882 bits per heavy atom. The lowest BCUT2D eigenvalue weighted by Gasteiger charge is -2.10.